The second-order valence-electron chi connectivity index (χ2n) is 2.38. The van der Waals surface area contributed by atoms with Crippen molar-refractivity contribution < 1.29 is 28.7 Å². The normalized spacial score (nSPS) is 18.4. The van der Waals surface area contributed by atoms with Gasteiger partial charge in [0.15, 0.2) is 0 Å². The molecule has 0 N–H and O–H groups in total. The molecule has 0 aromatic rings. The third kappa shape index (κ3) is 3.11. The molecule has 0 atom stereocenters. The van der Waals surface area contributed by atoms with Crippen LogP contribution in [0.1, 0.15) is 0 Å². The maximum atomic E-state index is 10.4. The third-order valence-electron chi connectivity index (χ3n) is 1.29. The number of esters is 4. The molecular weight excluding hydrogens is 352 g/mol. The van der Waals surface area contributed by atoms with E-state index in [1.54, 1.807) is 0 Å². The van der Waals surface area contributed by atoms with Crippen LogP contribution in [0.3, 0.4) is 0 Å². The maximum absolute atomic E-state index is 10.4. The van der Waals surface area contributed by atoms with Crippen LogP contribution in [-0.4, -0.2) is 23.9 Å². The van der Waals surface area contributed by atoms with Crippen LogP contribution < -0.4 is 0 Å². The molecule has 84 valence electrons. The minimum absolute atomic E-state index is 0.146. The highest BCUT2D eigenvalue weighted by molar-refractivity contribution is 9.14. The first-order valence-corrected chi connectivity index (χ1v) is 5.26. The van der Waals surface area contributed by atoms with Crippen LogP contribution in [0.25, 0.3) is 0 Å². The van der Waals surface area contributed by atoms with Crippen molar-refractivity contribution in [3.8, 4) is 0 Å². The highest BCUT2D eigenvalue weighted by Crippen LogP contribution is 2.26. The van der Waals surface area contributed by atoms with Crippen LogP contribution in [0.5, 0.6) is 0 Å². The maximum Gasteiger partial charge on any atom is 0.354 e. The Labute approximate surface area is 106 Å². The van der Waals surface area contributed by atoms with Crippen molar-refractivity contribution in [1.82, 2.24) is 0 Å². The van der Waals surface area contributed by atoms with Crippen LogP contribution in [0, 0.1) is 0 Å². The van der Waals surface area contributed by atoms with E-state index >= 15 is 0 Å². The molecule has 0 radical (unpaired) electrons. The summed E-state index contributed by atoms with van der Waals surface area (Å²) in [6, 6.07) is 0. The van der Waals surface area contributed by atoms with Crippen LogP contribution >= 0.6 is 31.9 Å². The Balaban J connectivity index is 0.000000165. The number of carbonyl (C=O) groups excluding carboxylic acids is 4. The monoisotopic (exact) mass is 352 g/mol. The van der Waals surface area contributed by atoms with Gasteiger partial charge in [0.05, 0.1) is 0 Å². The number of carbonyl (C=O) groups is 4. The van der Waals surface area contributed by atoms with Gasteiger partial charge in [-0.3, -0.25) is 0 Å². The van der Waals surface area contributed by atoms with Gasteiger partial charge in [0.25, 0.3) is 0 Å². The fraction of sp³-hybridized carbons (Fsp3) is 0. The van der Waals surface area contributed by atoms with Crippen LogP contribution in [0.4, 0.5) is 0 Å². The second kappa shape index (κ2) is 5.17. The lowest BCUT2D eigenvalue weighted by Crippen LogP contribution is -1.99. The predicted molar refractivity (Wildman–Crippen MR) is 56.2 cm³/mol. The summed E-state index contributed by atoms with van der Waals surface area (Å²) in [6.45, 7) is 0. The first-order valence-electron chi connectivity index (χ1n) is 3.67. The fourth-order valence-electron chi connectivity index (χ4n) is 0.656. The van der Waals surface area contributed by atoms with E-state index in [9.17, 15) is 19.2 Å². The molecule has 0 bridgehead atoms. The van der Waals surface area contributed by atoms with Crippen molar-refractivity contribution in [2.75, 3.05) is 0 Å². The molecule has 0 spiro atoms. The predicted octanol–water partition coefficient (Wildman–Crippen LogP) is 0.697. The summed E-state index contributed by atoms with van der Waals surface area (Å²) in [5.41, 5.74) is 0. The molecule has 0 fully saturated rings. The van der Waals surface area contributed by atoms with E-state index in [2.05, 4.69) is 41.3 Å². The first-order chi connectivity index (χ1) is 7.41. The molecule has 0 unspecified atom stereocenters. The minimum Gasteiger partial charge on any atom is -0.387 e. The average Bonchev–Trinajstić information content (AvgIpc) is 2.68. The van der Waals surface area contributed by atoms with Crippen molar-refractivity contribution in [3.05, 3.63) is 21.1 Å². The van der Waals surface area contributed by atoms with Crippen molar-refractivity contribution >= 4 is 55.7 Å². The standard InChI is InChI=1S/C4Br2O3.C4H2O3/c5-1-2(6)4(8)9-3(1)7;5-3-1-2-4(6)7-3/h;1-2H. The Bertz CT molecular complexity index is 409. The summed E-state index contributed by atoms with van der Waals surface area (Å²) >= 11 is 5.69. The molecule has 6 nitrogen and oxygen atoms in total. The van der Waals surface area contributed by atoms with Gasteiger partial charge < -0.3 is 9.47 Å². The Morgan fingerprint density at radius 3 is 1.25 bits per heavy atom. The molecule has 2 heterocycles. The van der Waals surface area contributed by atoms with E-state index in [4.69, 9.17) is 0 Å². The molecule has 0 amide bonds. The summed E-state index contributed by atoms with van der Waals surface area (Å²) in [6.07, 6.45) is 2.17. The third-order valence-corrected chi connectivity index (χ3v) is 3.27. The molecular formula is C8H2Br2O6. The molecule has 0 aliphatic carbocycles. The molecule has 2 aliphatic rings. The lowest BCUT2D eigenvalue weighted by Gasteiger charge is -1.83. The van der Waals surface area contributed by atoms with Gasteiger partial charge >= 0.3 is 23.9 Å². The van der Waals surface area contributed by atoms with Crippen LogP contribution in [0.2, 0.25) is 0 Å². The lowest BCUT2D eigenvalue weighted by molar-refractivity contribution is -0.152. The zero-order chi connectivity index (χ0) is 12.3. The Morgan fingerprint density at radius 2 is 1.12 bits per heavy atom. The molecule has 0 saturated carbocycles. The second-order valence-corrected chi connectivity index (χ2v) is 3.96. The zero-order valence-corrected chi connectivity index (χ0v) is 10.5. The van der Waals surface area contributed by atoms with Gasteiger partial charge in [0.2, 0.25) is 0 Å². The van der Waals surface area contributed by atoms with E-state index < -0.39 is 23.9 Å². The number of hydrogen-bond donors (Lipinski definition) is 0. The molecule has 2 aliphatic heterocycles. The summed E-state index contributed by atoms with van der Waals surface area (Å²) in [5, 5.41) is 0. The smallest absolute Gasteiger partial charge is 0.354 e. The molecule has 16 heavy (non-hydrogen) atoms. The molecule has 8 heteroatoms. The van der Waals surface area contributed by atoms with E-state index in [-0.39, 0.29) is 8.96 Å². The summed E-state index contributed by atoms with van der Waals surface area (Å²) in [4.78, 5) is 40.7. The fourth-order valence-corrected chi connectivity index (χ4v) is 1.14. The van der Waals surface area contributed by atoms with E-state index in [0.29, 0.717) is 0 Å². The van der Waals surface area contributed by atoms with Gasteiger partial charge in [-0.05, 0) is 31.9 Å². The molecule has 2 rings (SSSR count). The van der Waals surface area contributed by atoms with Gasteiger partial charge in [0, 0.05) is 12.2 Å². The van der Waals surface area contributed by atoms with Gasteiger partial charge in [-0.2, -0.15) is 0 Å². The first kappa shape index (κ1) is 12.8. The summed E-state index contributed by atoms with van der Waals surface area (Å²) in [7, 11) is 0. The number of rotatable bonds is 0. The van der Waals surface area contributed by atoms with Crippen molar-refractivity contribution in [3.63, 3.8) is 0 Å². The zero-order valence-electron chi connectivity index (χ0n) is 7.36. The highest BCUT2D eigenvalue weighted by Gasteiger charge is 2.29. The van der Waals surface area contributed by atoms with Crippen molar-refractivity contribution in [2.24, 2.45) is 0 Å². The summed E-state index contributed by atoms with van der Waals surface area (Å²) < 4.78 is 8.40. The van der Waals surface area contributed by atoms with E-state index in [0.717, 1.165) is 12.2 Å². The number of halogens is 2. The van der Waals surface area contributed by atoms with Gasteiger partial charge in [0.1, 0.15) is 8.96 Å². The van der Waals surface area contributed by atoms with E-state index in [1.165, 1.54) is 0 Å². The van der Waals surface area contributed by atoms with Gasteiger partial charge in [-0.1, -0.05) is 0 Å². The topological polar surface area (TPSA) is 86.7 Å². The Morgan fingerprint density at radius 1 is 0.750 bits per heavy atom. The minimum atomic E-state index is -0.646. The summed E-state index contributed by atoms with van der Waals surface area (Å²) in [5.74, 6) is -2.45. The Hall–Kier alpha value is -1.28. The highest BCUT2D eigenvalue weighted by atomic mass is 79.9. The number of ether oxygens (including phenoxy) is 2. The van der Waals surface area contributed by atoms with Gasteiger partial charge in [-0.15, -0.1) is 0 Å². The average molecular weight is 354 g/mol. The molecule has 0 aromatic carbocycles. The SMILES string of the molecule is O=C1C=CC(=O)O1.O=C1OC(=O)C(Br)=C1Br. The van der Waals surface area contributed by atoms with Gasteiger partial charge in [-0.25, -0.2) is 19.2 Å². The Kier molecular flexibility index (Phi) is 4.13. The number of cyclic esters (lactones) is 4. The van der Waals surface area contributed by atoms with Crippen molar-refractivity contribution in [1.29, 1.82) is 0 Å². The largest absolute Gasteiger partial charge is 0.387 e. The number of hydrogen-bond acceptors (Lipinski definition) is 6. The lowest BCUT2D eigenvalue weighted by atomic mass is 10.6. The molecule has 0 aromatic heterocycles. The van der Waals surface area contributed by atoms with Crippen LogP contribution in [0.15, 0.2) is 21.1 Å². The van der Waals surface area contributed by atoms with Crippen LogP contribution in [-0.2, 0) is 28.7 Å². The molecule has 0 saturated heterocycles. The van der Waals surface area contributed by atoms with Crippen molar-refractivity contribution in [2.45, 2.75) is 0 Å². The quantitative estimate of drug-likeness (QED) is 0.470. The van der Waals surface area contributed by atoms with E-state index in [1.807, 2.05) is 0 Å².